The Labute approximate surface area is 203 Å². The average Bonchev–Trinajstić information content (AvgIpc) is 3.53. The van der Waals surface area contributed by atoms with E-state index in [4.69, 9.17) is 10.1 Å². The Hall–Kier alpha value is -4.06. The SMILES string of the molecule is Cc1ccc(-c2cccc3c(-c4ccnc(NC5CCCC5)n4)c(-c4ccc(F)cc4)nn23)cc1. The standard InChI is InChI=1S/C29H26FN5/c1-19-9-11-20(12-10-19)25-7-4-8-26-27(28(34-35(25)26)21-13-15-22(30)16-14-21)24-17-18-31-29(33-24)32-23-5-2-3-6-23/h4,7-18,23H,2-3,5-6H2,1H3,(H,31,32,33). The van der Waals surface area contributed by atoms with Gasteiger partial charge in [-0.2, -0.15) is 5.10 Å². The van der Waals surface area contributed by atoms with E-state index in [1.54, 1.807) is 18.3 Å². The first-order chi connectivity index (χ1) is 17.2. The molecule has 0 saturated heterocycles. The lowest BCUT2D eigenvalue weighted by molar-refractivity contribution is 0.628. The van der Waals surface area contributed by atoms with E-state index in [1.165, 1.54) is 30.5 Å². The topological polar surface area (TPSA) is 55.1 Å². The van der Waals surface area contributed by atoms with E-state index in [-0.39, 0.29) is 5.82 Å². The van der Waals surface area contributed by atoms with Crippen LogP contribution in [0, 0.1) is 12.7 Å². The van der Waals surface area contributed by atoms with Gasteiger partial charge in [-0.1, -0.05) is 48.7 Å². The third-order valence-electron chi connectivity index (χ3n) is 6.72. The Morgan fingerprint density at radius 3 is 2.40 bits per heavy atom. The van der Waals surface area contributed by atoms with Gasteiger partial charge in [-0.25, -0.2) is 18.9 Å². The third kappa shape index (κ3) is 4.16. The summed E-state index contributed by atoms with van der Waals surface area (Å²) in [5, 5.41) is 8.54. The number of aromatic nitrogens is 4. The van der Waals surface area contributed by atoms with Crippen molar-refractivity contribution in [2.75, 3.05) is 5.32 Å². The normalized spacial score (nSPS) is 14.0. The highest BCUT2D eigenvalue weighted by Crippen LogP contribution is 2.36. The molecule has 0 amide bonds. The number of halogens is 1. The first-order valence-corrected chi connectivity index (χ1v) is 12.1. The molecule has 0 aliphatic heterocycles. The molecule has 6 heteroatoms. The third-order valence-corrected chi connectivity index (χ3v) is 6.72. The number of nitrogens with one attached hydrogen (secondary N) is 1. The maximum Gasteiger partial charge on any atom is 0.223 e. The second kappa shape index (κ2) is 8.95. The van der Waals surface area contributed by atoms with E-state index in [0.717, 1.165) is 52.1 Å². The van der Waals surface area contributed by atoms with Crippen LogP contribution < -0.4 is 5.32 Å². The molecule has 5 nitrogen and oxygen atoms in total. The maximum absolute atomic E-state index is 13.7. The van der Waals surface area contributed by atoms with Gasteiger partial charge in [-0.15, -0.1) is 0 Å². The summed E-state index contributed by atoms with van der Waals surface area (Å²) in [4.78, 5) is 9.38. The highest BCUT2D eigenvalue weighted by molar-refractivity contribution is 5.92. The van der Waals surface area contributed by atoms with E-state index in [0.29, 0.717) is 12.0 Å². The monoisotopic (exact) mass is 463 g/mol. The van der Waals surface area contributed by atoms with Crippen LogP contribution in [0.1, 0.15) is 31.2 Å². The number of hydrogen-bond donors (Lipinski definition) is 1. The molecule has 174 valence electrons. The minimum atomic E-state index is -0.274. The molecule has 0 unspecified atom stereocenters. The summed E-state index contributed by atoms with van der Waals surface area (Å²) in [5.41, 5.74) is 7.49. The zero-order chi connectivity index (χ0) is 23.8. The van der Waals surface area contributed by atoms with Crippen molar-refractivity contribution in [3.8, 4) is 33.8 Å². The summed E-state index contributed by atoms with van der Waals surface area (Å²) in [5.74, 6) is 0.359. The lowest BCUT2D eigenvalue weighted by Crippen LogP contribution is -2.16. The Morgan fingerprint density at radius 2 is 1.63 bits per heavy atom. The van der Waals surface area contributed by atoms with Gasteiger partial charge in [-0.05, 0) is 62.2 Å². The van der Waals surface area contributed by atoms with Gasteiger partial charge in [0.25, 0.3) is 0 Å². The number of hydrogen-bond acceptors (Lipinski definition) is 4. The van der Waals surface area contributed by atoms with Gasteiger partial charge < -0.3 is 5.32 Å². The van der Waals surface area contributed by atoms with Crippen LogP contribution in [-0.4, -0.2) is 25.6 Å². The van der Waals surface area contributed by atoms with Crippen LogP contribution in [0.25, 0.3) is 39.3 Å². The second-order valence-corrected chi connectivity index (χ2v) is 9.20. The van der Waals surface area contributed by atoms with Crippen molar-refractivity contribution in [3.63, 3.8) is 0 Å². The Morgan fingerprint density at radius 1 is 0.886 bits per heavy atom. The number of pyridine rings is 1. The van der Waals surface area contributed by atoms with Crippen molar-refractivity contribution in [1.29, 1.82) is 0 Å². The second-order valence-electron chi connectivity index (χ2n) is 9.20. The van der Waals surface area contributed by atoms with E-state index >= 15 is 0 Å². The fourth-order valence-corrected chi connectivity index (χ4v) is 4.90. The predicted octanol–water partition coefficient (Wildman–Crippen LogP) is 6.93. The zero-order valence-corrected chi connectivity index (χ0v) is 19.6. The van der Waals surface area contributed by atoms with Crippen molar-refractivity contribution in [2.45, 2.75) is 38.6 Å². The number of aryl methyl sites for hydroxylation is 1. The van der Waals surface area contributed by atoms with Crippen LogP contribution in [0.2, 0.25) is 0 Å². The Kier molecular flexibility index (Phi) is 5.49. The molecule has 0 radical (unpaired) electrons. The van der Waals surface area contributed by atoms with Gasteiger partial charge in [0.05, 0.1) is 22.5 Å². The molecule has 0 atom stereocenters. The van der Waals surface area contributed by atoms with Crippen LogP contribution in [0.5, 0.6) is 0 Å². The molecule has 1 saturated carbocycles. The Balaban J connectivity index is 1.54. The quantitative estimate of drug-likeness (QED) is 0.307. The van der Waals surface area contributed by atoms with Gasteiger partial charge >= 0.3 is 0 Å². The lowest BCUT2D eigenvalue weighted by atomic mass is 10.0. The molecule has 35 heavy (non-hydrogen) atoms. The highest BCUT2D eigenvalue weighted by Gasteiger charge is 2.21. The maximum atomic E-state index is 13.7. The molecular formula is C29H26FN5. The average molecular weight is 464 g/mol. The van der Waals surface area contributed by atoms with Crippen molar-refractivity contribution >= 4 is 11.5 Å². The molecular weight excluding hydrogens is 437 g/mol. The number of benzene rings is 2. The number of rotatable bonds is 5. The zero-order valence-electron chi connectivity index (χ0n) is 19.6. The number of nitrogens with zero attached hydrogens (tertiary/aromatic N) is 4. The van der Waals surface area contributed by atoms with Crippen molar-refractivity contribution in [1.82, 2.24) is 19.6 Å². The van der Waals surface area contributed by atoms with Crippen molar-refractivity contribution in [2.24, 2.45) is 0 Å². The van der Waals surface area contributed by atoms with Crippen LogP contribution in [0.4, 0.5) is 10.3 Å². The summed E-state index contributed by atoms with van der Waals surface area (Å²) in [6.45, 7) is 2.08. The first-order valence-electron chi connectivity index (χ1n) is 12.1. The molecule has 5 aromatic rings. The molecule has 3 heterocycles. The molecule has 6 rings (SSSR count). The van der Waals surface area contributed by atoms with Gasteiger partial charge in [-0.3, -0.25) is 0 Å². The largest absolute Gasteiger partial charge is 0.351 e. The smallest absolute Gasteiger partial charge is 0.223 e. The predicted molar refractivity (Wildman–Crippen MR) is 138 cm³/mol. The molecule has 1 aliphatic carbocycles. The molecule has 2 aromatic carbocycles. The molecule has 0 spiro atoms. The van der Waals surface area contributed by atoms with Crippen molar-refractivity contribution in [3.05, 3.63) is 90.4 Å². The molecule has 1 fully saturated rings. The summed E-state index contributed by atoms with van der Waals surface area (Å²) in [6, 6.07) is 23.4. The van der Waals surface area contributed by atoms with Crippen LogP contribution >= 0.6 is 0 Å². The summed E-state index contributed by atoms with van der Waals surface area (Å²) in [6.07, 6.45) is 6.56. The van der Waals surface area contributed by atoms with Gasteiger partial charge in [0.2, 0.25) is 5.95 Å². The molecule has 3 aromatic heterocycles. The Bertz CT molecular complexity index is 1480. The summed E-state index contributed by atoms with van der Waals surface area (Å²) < 4.78 is 15.7. The van der Waals surface area contributed by atoms with E-state index in [2.05, 4.69) is 53.6 Å². The minimum absolute atomic E-state index is 0.274. The molecule has 0 bridgehead atoms. The van der Waals surface area contributed by atoms with E-state index < -0.39 is 0 Å². The van der Waals surface area contributed by atoms with Crippen molar-refractivity contribution < 1.29 is 4.39 Å². The van der Waals surface area contributed by atoms with E-state index in [1.807, 2.05) is 16.6 Å². The first kappa shape index (κ1) is 21.5. The van der Waals surface area contributed by atoms with Crippen LogP contribution in [0.15, 0.2) is 79.0 Å². The summed E-state index contributed by atoms with van der Waals surface area (Å²) in [7, 11) is 0. The highest BCUT2D eigenvalue weighted by atomic mass is 19.1. The van der Waals surface area contributed by atoms with Gasteiger partial charge in [0, 0.05) is 23.4 Å². The number of anilines is 1. The minimum Gasteiger partial charge on any atom is -0.351 e. The van der Waals surface area contributed by atoms with Gasteiger partial charge in [0.15, 0.2) is 0 Å². The van der Waals surface area contributed by atoms with Crippen LogP contribution in [0.3, 0.4) is 0 Å². The lowest BCUT2D eigenvalue weighted by Gasteiger charge is -2.12. The number of fused-ring (bicyclic) bond motifs is 1. The molecule has 1 aliphatic rings. The molecule has 1 N–H and O–H groups in total. The van der Waals surface area contributed by atoms with E-state index in [9.17, 15) is 4.39 Å². The van der Waals surface area contributed by atoms with Gasteiger partial charge in [0.1, 0.15) is 11.5 Å². The van der Waals surface area contributed by atoms with Crippen LogP contribution in [-0.2, 0) is 0 Å². The fourth-order valence-electron chi connectivity index (χ4n) is 4.90. The fraction of sp³-hybridized carbons (Fsp3) is 0.207. The summed E-state index contributed by atoms with van der Waals surface area (Å²) >= 11 is 0.